The van der Waals surface area contributed by atoms with Gasteiger partial charge in [-0.15, -0.1) is 0 Å². The molecule has 2 bridgehead atoms. The topological polar surface area (TPSA) is 80.4 Å². The van der Waals surface area contributed by atoms with Gasteiger partial charge in [0.25, 0.3) is 0 Å². The molecule has 3 aliphatic rings. The second-order valence-corrected chi connectivity index (χ2v) is 5.56. The zero-order chi connectivity index (χ0) is 12.1. The first-order valence-electron chi connectivity index (χ1n) is 6.70. The van der Waals surface area contributed by atoms with Crippen molar-refractivity contribution >= 4 is 0 Å². The third kappa shape index (κ3) is 1.67. The highest BCUT2D eigenvalue weighted by Crippen LogP contribution is 2.43. The van der Waals surface area contributed by atoms with Crippen LogP contribution >= 0.6 is 0 Å². The molecule has 6 heteroatoms. The van der Waals surface area contributed by atoms with Gasteiger partial charge in [0.1, 0.15) is 0 Å². The molecule has 0 aromatic carbocycles. The average Bonchev–Trinajstić information content (AvgIpc) is 3.12. The molecule has 98 valence electrons. The maximum Gasteiger partial charge on any atom is 0.243 e. The fraction of sp³-hybridized carbons (Fsp3) is 0.833. The molecule has 0 radical (unpaired) electrons. The number of hydrogen-bond acceptors (Lipinski definition) is 6. The maximum atomic E-state index is 9.49. The molecule has 3 saturated heterocycles. The Hall–Kier alpha value is -0.980. The van der Waals surface area contributed by atoms with Gasteiger partial charge in [0, 0.05) is 6.54 Å². The van der Waals surface area contributed by atoms with E-state index < -0.39 is 0 Å². The van der Waals surface area contributed by atoms with Gasteiger partial charge in [-0.2, -0.15) is 4.98 Å². The van der Waals surface area contributed by atoms with E-state index in [0.717, 1.165) is 18.7 Å². The molecular weight excluding hydrogens is 234 g/mol. The van der Waals surface area contributed by atoms with E-state index in [9.17, 15) is 5.11 Å². The summed E-state index contributed by atoms with van der Waals surface area (Å²) in [7, 11) is 0. The third-order valence-corrected chi connectivity index (χ3v) is 4.30. The Balaban J connectivity index is 1.52. The number of aliphatic hydroxyl groups excluding tert-OH is 1. The summed E-state index contributed by atoms with van der Waals surface area (Å²) < 4.78 is 11.1. The number of aromatic nitrogens is 2. The summed E-state index contributed by atoms with van der Waals surface area (Å²) in [5.41, 5.74) is 0. The van der Waals surface area contributed by atoms with E-state index in [1.165, 1.54) is 6.42 Å². The smallest absolute Gasteiger partial charge is 0.243 e. The summed E-state index contributed by atoms with van der Waals surface area (Å²) in [5, 5.41) is 16.8. The zero-order valence-corrected chi connectivity index (χ0v) is 10.1. The molecule has 4 unspecified atom stereocenters. The molecule has 4 rings (SSSR count). The van der Waals surface area contributed by atoms with Crippen molar-refractivity contribution in [2.45, 2.75) is 56.0 Å². The first-order valence-corrected chi connectivity index (χ1v) is 6.70. The second kappa shape index (κ2) is 4.01. The average molecular weight is 251 g/mol. The van der Waals surface area contributed by atoms with Crippen LogP contribution in [-0.4, -0.2) is 40.1 Å². The highest BCUT2D eigenvalue weighted by Gasteiger charge is 2.44. The lowest BCUT2D eigenvalue weighted by Gasteiger charge is -2.13. The lowest BCUT2D eigenvalue weighted by Crippen LogP contribution is -2.17. The normalized spacial score (nSPS) is 42.8. The Labute approximate surface area is 105 Å². The van der Waals surface area contributed by atoms with Gasteiger partial charge in [0.05, 0.1) is 30.3 Å². The first kappa shape index (κ1) is 10.9. The van der Waals surface area contributed by atoms with E-state index >= 15 is 0 Å². The summed E-state index contributed by atoms with van der Waals surface area (Å²) in [5.74, 6) is 1.68. The molecule has 3 fully saturated rings. The predicted molar refractivity (Wildman–Crippen MR) is 60.9 cm³/mol. The molecule has 4 heterocycles. The highest BCUT2D eigenvalue weighted by molar-refractivity contribution is 5.08. The minimum absolute atomic E-state index is 0.000703. The van der Waals surface area contributed by atoms with Crippen LogP contribution in [0.4, 0.5) is 0 Å². The number of β-amino-alcohol motifs (C(OH)–C–C–N with tert-alkyl or cyclic N) is 1. The van der Waals surface area contributed by atoms with E-state index in [1.807, 2.05) is 0 Å². The Bertz CT molecular complexity index is 450. The van der Waals surface area contributed by atoms with Gasteiger partial charge in [-0.3, -0.25) is 0 Å². The van der Waals surface area contributed by atoms with Gasteiger partial charge in [-0.1, -0.05) is 5.16 Å². The fourth-order valence-electron chi connectivity index (χ4n) is 3.35. The summed E-state index contributed by atoms with van der Waals surface area (Å²) in [6.45, 7) is 0.597. The number of hydrogen-bond donors (Lipinski definition) is 2. The van der Waals surface area contributed by atoms with Gasteiger partial charge >= 0.3 is 0 Å². The summed E-state index contributed by atoms with van der Waals surface area (Å²) >= 11 is 0. The van der Waals surface area contributed by atoms with E-state index in [4.69, 9.17) is 9.26 Å². The van der Waals surface area contributed by atoms with E-state index in [1.54, 1.807) is 0 Å². The van der Waals surface area contributed by atoms with Gasteiger partial charge < -0.3 is 19.7 Å². The minimum Gasteiger partial charge on any atom is -0.392 e. The SMILES string of the molecule is OC1CN[C@H](c2nc(C3CC4CCC3O4)no2)C1. The van der Waals surface area contributed by atoms with Crippen molar-refractivity contribution in [2.24, 2.45) is 0 Å². The van der Waals surface area contributed by atoms with E-state index in [0.29, 0.717) is 30.9 Å². The predicted octanol–water partition coefficient (Wildman–Crippen LogP) is 0.500. The van der Waals surface area contributed by atoms with Crippen LogP contribution in [0.5, 0.6) is 0 Å². The molecule has 0 amide bonds. The Kier molecular flexibility index (Phi) is 2.43. The van der Waals surface area contributed by atoms with Gasteiger partial charge in [-0.05, 0) is 25.7 Å². The molecule has 0 aliphatic carbocycles. The Morgan fingerprint density at radius 1 is 1.28 bits per heavy atom. The van der Waals surface area contributed by atoms with Crippen LogP contribution in [0.1, 0.15) is 49.4 Å². The standard InChI is InChI=1S/C12H17N3O3/c16-6-3-9(13-5-6)12-14-11(15-18-12)8-4-7-1-2-10(8)17-7/h6-10,13,16H,1-5H2/t6?,7?,8?,9-,10?/m0/s1. The largest absolute Gasteiger partial charge is 0.392 e. The number of ether oxygens (including phenoxy) is 1. The second-order valence-electron chi connectivity index (χ2n) is 5.56. The van der Waals surface area contributed by atoms with Crippen LogP contribution in [0.15, 0.2) is 4.52 Å². The molecule has 2 N–H and O–H groups in total. The quantitative estimate of drug-likeness (QED) is 0.796. The van der Waals surface area contributed by atoms with Crippen LogP contribution in [0.3, 0.4) is 0 Å². The van der Waals surface area contributed by atoms with Crippen molar-refractivity contribution in [3.63, 3.8) is 0 Å². The van der Waals surface area contributed by atoms with Crippen molar-refractivity contribution in [1.29, 1.82) is 0 Å². The molecule has 1 aromatic rings. The number of rotatable bonds is 2. The molecule has 3 aliphatic heterocycles. The molecule has 5 atom stereocenters. The fourth-order valence-corrected chi connectivity index (χ4v) is 3.35. The number of aliphatic hydroxyl groups is 1. The van der Waals surface area contributed by atoms with Crippen molar-refractivity contribution in [2.75, 3.05) is 6.54 Å². The zero-order valence-electron chi connectivity index (χ0n) is 10.1. The maximum absolute atomic E-state index is 9.49. The number of nitrogens with zero attached hydrogens (tertiary/aromatic N) is 2. The van der Waals surface area contributed by atoms with Crippen LogP contribution in [-0.2, 0) is 4.74 Å². The molecule has 6 nitrogen and oxygen atoms in total. The molecule has 0 spiro atoms. The third-order valence-electron chi connectivity index (χ3n) is 4.30. The highest BCUT2D eigenvalue weighted by atomic mass is 16.5. The van der Waals surface area contributed by atoms with Crippen molar-refractivity contribution < 1.29 is 14.4 Å². The van der Waals surface area contributed by atoms with Crippen LogP contribution in [0.25, 0.3) is 0 Å². The minimum atomic E-state index is -0.309. The van der Waals surface area contributed by atoms with Crippen LogP contribution in [0.2, 0.25) is 0 Å². The summed E-state index contributed by atoms with van der Waals surface area (Å²) in [6.07, 6.45) is 4.31. The van der Waals surface area contributed by atoms with Crippen molar-refractivity contribution in [1.82, 2.24) is 15.5 Å². The van der Waals surface area contributed by atoms with Gasteiger partial charge in [-0.25, -0.2) is 0 Å². The van der Waals surface area contributed by atoms with Crippen molar-refractivity contribution in [3.05, 3.63) is 11.7 Å². The van der Waals surface area contributed by atoms with Gasteiger partial charge in [0.2, 0.25) is 5.89 Å². The molecule has 18 heavy (non-hydrogen) atoms. The van der Waals surface area contributed by atoms with Gasteiger partial charge in [0.15, 0.2) is 5.82 Å². The Morgan fingerprint density at radius 2 is 2.22 bits per heavy atom. The van der Waals surface area contributed by atoms with E-state index in [2.05, 4.69) is 15.5 Å². The lowest BCUT2D eigenvalue weighted by molar-refractivity contribution is 0.0996. The summed E-state index contributed by atoms with van der Waals surface area (Å²) in [4.78, 5) is 4.50. The van der Waals surface area contributed by atoms with Crippen LogP contribution in [0, 0.1) is 0 Å². The monoisotopic (exact) mass is 251 g/mol. The molecular formula is C12H17N3O3. The molecule has 1 aromatic heterocycles. The van der Waals surface area contributed by atoms with Crippen molar-refractivity contribution in [3.8, 4) is 0 Å². The summed E-state index contributed by atoms with van der Waals surface area (Å²) in [6, 6.07) is 0.000703. The van der Waals surface area contributed by atoms with Crippen LogP contribution < -0.4 is 5.32 Å². The number of fused-ring (bicyclic) bond motifs is 2. The molecule has 0 saturated carbocycles. The lowest BCUT2D eigenvalue weighted by atomic mass is 9.89. The van der Waals surface area contributed by atoms with E-state index in [-0.39, 0.29) is 18.2 Å². The first-order chi connectivity index (χ1) is 8.79. The number of nitrogens with one attached hydrogen (secondary N) is 1. The Morgan fingerprint density at radius 3 is 2.89 bits per heavy atom.